The fraction of sp³-hybridized carbons (Fsp3) is 0.533. The molecule has 0 aromatic heterocycles. The lowest BCUT2D eigenvalue weighted by Gasteiger charge is -2.37. The maximum Gasteiger partial charge on any atom is 0.140 e. The molecule has 1 aliphatic rings. The molecule has 0 unspecified atom stereocenters. The van der Waals surface area contributed by atoms with Gasteiger partial charge in [-0.15, -0.1) is 0 Å². The highest BCUT2D eigenvalue weighted by Crippen LogP contribution is 2.23. The summed E-state index contributed by atoms with van der Waals surface area (Å²) < 4.78 is 0. The van der Waals surface area contributed by atoms with Crippen molar-refractivity contribution in [2.45, 2.75) is 20.3 Å². The van der Waals surface area contributed by atoms with E-state index in [1.165, 1.54) is 16.8 Å². The number of rotatable bonds is 4. The highest BCUT2D eigenvalue weighted by molar-refractivity contribution is 5.79. The third-order valence-corrected chi connectivity index (χ3v) is 4.10. The molecule has 1 aliphatic heterocycles. The van der Waals surface area contributed by atoms with Gasteiger partial charge in [-0.05, 0) is 31.0 Å². The van der Waals surface area contributed by atoms with Gasteiger partial charge in [-0.3, -0.25) is 4.90 Å². The van der Waals surface area contributed by atoms with Crippen LogP contribution in [0.15, 0.2) is 23.4 Å². The lowest BCUT2D eigenvalue weighted by molar-refractivity contribution is 0.262. The number of oxime groups is 1. The summed E-state index contributed by atoms with van der Waals surface area (Å²) in [4.78, 5) is 4.81. The van der Waals surface area contributed by atoms with Crippen molar-refractivity contribution in [2.75, 3.05) is 37.6 Å². The first-order valence-corrected chi connectivity index (χ1v) is 7.11. The van der Waals surface area contributed by atoms with Gasteiger partial charge < -0.3 is 15.8 Å². The van der Waals surface area contributed by atoms with Crippen LogP contribution in [0.4, 0.5) is 5.69 Å². The molecule has 1 aromatic carbocycles. The monoisotopic (exact) mass is 276 g/mol. The van der Waals surface area contributed by atoms with E-state index in [9.17, 15) is 0 Å². The topological polar surface area (TPSA) is 65.1 Å². The van der Waals surface area contributed by atoms with Gasteiger partial charge in [0.1, 0.15) is 5.84 Å². The Morgan fingerprint density at radius 1 is 1.25 bits per heavy atom. The first-order valence-electron chi connectivity index (χ1n) is 7.11. The molecule has 0 saturated carbocycles. The summed E-state index contributed by atoms with van der Waals surface area (Å²) in [5, 5.41) is 11.6. The van der Waals surface area contributed by atoms with Crippen LogP contribution in [0.1, 0.15) is 17.5 Å². The highest BCUT2D eigenvalue weighted by Gasteiger charge is 2.18. The second kappa shape index (κ2) is 6.61. The van der Waals surface area contributed by atoms with Crippen molar-refractivity contribution < 1.29 is 5.21 Å². The summed E-state index contributed by atoms with van der Waals surface area (Å²) in [6.45, 7) is 9.30. The molecule has 0 atom stereocenters. The smallest absolute Gasteiger partial charge is 0.140 e. The van der Waals surface area contributed by atoms with Gasteiger partial charge in [0.2, 0.25) is 0 Å². The number of nitrogens with zero attached hydrogens (tertiary/aromatic N) is 3. The molecule has 3 N–H and O–H groups in total. The van der Waals surface area contributed by atoms with Crippen molar-refractivity contribution in [3.05, 3.63) is 29.3 Å². The normalized spacial score (nSPS) is 17.5. The van der Waals surface area contributed by atoms with E-state index in [0.717, 1.165) is 32.7 Å². The number of amidine groups is 1. The highest BCUT2D eigenvalue weighted by atomic mass is 16.4. The Kier molecular flexibility index (Phi) is 4.84. The van der Waals surface area contributed by atoms with Crippen LogP contribution >= 0.6 is 0 Å². The van der Waals surface area contributed by atoms with E-state index < -0.39 is 0 Å². The SMILES string of the molecule is Cc1cccc(N2CCN(CC/C(N)=N/O)CC2)c1C. The number of nitrogens with two attached hydrogens (primary N) is 1. The number of hydrogen-bond acceptors (Lipinski definition) is 4. The molecule has 0 spiro atoms. The van der Waals surface area contributed by atoms with E-state index in [0.29, 0.717) is 12.3 Å². The van der Waals surface area contributed by atoms with Crippen LogP contribution < -0.4 is 10.6 Å². The Morgan fingerprint density at radius 3 is 2.60 bits per heavy atom. The Hall–Kier alpha value is -1.75. The lowest BCUT2D eigenvalue weighted by atomic mass is 10.1. The number of benzene rings is 1. The molecule has 0 amide bonds. The Morgan fingerprint density at radius 2 is 1.95 bits per heavy atom. The standard InChI is InChI=1S/C15H24N4O/c1-12-4-3-5-14(13(12)2)19-10-8-18(9-11-19)7-6-15(16)17-20/h3-5,20H,6-11H2,1-2H3,(H2,16,17). The molecule has 1 fully saturated rings. The van der Waals surface area contributed by atoms with Crippen LogP contribution in [-0.2, 0) is 0 Å². The molecule has 1 saturated heterocycles. The van der Waals surface area contributed by atoms with E-state index in [4.69, 9.17) is 10.9 Å². The first kappa shape index (κ1) is 14.7. The number of hydrogen-bond donors (Lipinski definition) is 2. The van der Waals surface area contributed by atoms with Crippen molar-refractivity contribution in [3.63, 3.8) is 0 Å². The minimum absolute atomic E-state index is 0.307. The Bertz CT molecular complexity index is 479. The summed E-state index contributed by atoms with van der Waals surface area (Å²) in [5.41, 5.74) is 9.57. The molecular formula is C15H24N4O. The number of anilines is 1. The van der Waals surface area contributed by atoms with Gasteiger partial charge in [0, 0.05) is 44.8 Å². The van der Waals surface area contributed by atoms with Gasteiger partial charge in [0.05, 0.1) is 0 Å². The van der Waals surface area contributed by atoms with Crippen LogP contribution in [0.2, 0.25) is 0 Å². The van der Waals surface area contributed by atoms with Crippen molar-refractivity contribution in [1.82, 2.24) is 4.90 Å². The van der Waals surface area contributed by atoms with Crippen molar-refractivity contribution >= 4 is 11.5 Å². The summed E-state index contributed by atoms with van der Waals surface area (Å²) in [6, 6.07) is 6.49. The first-order chi connectivity index (χ1) is 9.61. The van der Waals surface area contributed by atoms with Gasteiger partial charge >= 0.3 is 0 Å². The fourth-order valence-corrected chi connectivity index (χ4v) is 2.61. The molecular weight excluding hydrogens is 252 g/mol. The van der Waals surface area contributed by atoms with Crippen molar-refractivity contribution in [3.8, 4) is 0 Å². The van der Waals surface area contributed by atoms with E-state index in [1.807, 2.05) is 0 Å². The second-order valence-electron chi connectivity index (χ2n) is 5.39. The van der Waals surface area contributed by atoms with Crippen LogP contribution in [0.25, 0.3) is 0 Å². The third kappa shape index (κ3) is 3.42. The summed E-state index contributed by atoms with van der Waals surface area (Å²) in [5.74, 6) is 0.307. The Balaban J connectivity index is 1.89. The molecule has 5 nitrogen and oxygen atoms in total. The molecule has 0 bridgehead atoms. The van der Waals surface area contributed by atoms with Crippen molar-refractivity contribution in [1.29, 1.82) is 0 Å². The zero-order valence-electron chi connectivity index (χ0n) is 12.3. The molecule has 2 rings (SSSR count). The Labute approximate surface area is 120 Å². The van der Waals surface area contributed by atoms with Crippen LogP contribution in [-0.4, -0.2) is 48.7 Å². The van der Waals surface area contributed by atoms with Gasteiger partial charge in [0.15, 0.2) is 0 Å². The van der Waals surface area contributed by atoms with E-state index in [2.05, 4.69) is 47.0 Å². The predicted molar refractivity (Wildman–Crippen MR) is 82.6 cm³/mol. The largest absolute Gasteiger partial charge is 0.409 e. The van der Waals surface area contributed by atoms with Gasteiger partial charge in [-0.1, -0.05) is 17.3 Å². The summed E-state index contributed by atoms with van der Waals surface area (Å²) in [6.07, 6.45) is 0.625. The minimum atomic E-state index is 0.307. The van der Waals surface area contributed by atoms with E-state index in [-0.39, 0.29) is 0 Å². The van der Waals surface area contributed by atoms with Crippen LogP contribution in [0.5, 0.6) is 0 Å². The van der Waals surface area contributed by atoms with Gasteiger partial charge in [0.25, 0.3) is 0 Å². The van der Waals surface area contributed by atoms with Crippen molar-refractivity contribution in [2.24, 2.45) is 10.9 Å². The average Bonchev–Trinajstić information content (AvgIpc) is 2.48. The number of aryl methyl sites for hydroxylation is 1. The minimum Gasteiger partial charge on any atom is -0.409 e. The molecule has 1 heterocycles. The average molecular weight is 276 g/mol. The quantitative estimate of drug-likeness (QED) is 0.379. The molecule has 1 aromatic rings. The maximum atomic E-state index is 8.55. The lowest BCUT2D eigenvalue weighted by Crippen LogP contribution is -2.47. The molecule has 110 valence electrons. The molecule has 20 heavy (non-hydrogen) atoms. The zero-order chi connectivity index (χ0) is 14.5. The predicted octanol–water partition coefficient (Wildman–Crippen LogP) is 1.56. The molecule has 5 heteroatoms. The zero-order valence-corrected chi connectivity index (χ0v) is 12.3. The maximum absolute atomic E-state index is 8.55. The summed E-state index contributed by atoms with van der Waals surface area (Å²) >= 11 is 0. The van der Waals surface area contributed by atoms with Gasteiger partial charge in [-0.2, -0.15) is 0 Å². The molecule has 0 radical (unpaired) electrons. The third-order valence-electron chi connectivity index (χ3n) is 4.10. The van der Waals surface area contributed by atoms with E-state index in [1.54, 1.807) is 0 Å². The van der Waals surface area contributed by atoms with Crippen LogP contribution in [0, 0.1) is 13.8 Å². The second-order valence-corrected chi connectivity index (χ2v) is 5.39. The van der Waals surface area contributed by atoms with E-state index >= 15 is 0 Å². The van der Waals surface area contributed by atoms with Crippen LogP contribution in [0.3, 0.4) is 0 Å². The number of piperazine rings is 1. The van der Waals surface area contributed by atoms with Gasteiger partial charge in [-0.25, -0.2) is 0 Å². The molecule has 0 aliphatic carbocycles. The summed E-state index contributed by atoms with van der Waals surface area (Å²) in [7, 11) is 0. The fourth-order valence-electron chi connectivity index (χ4n) is 2.61.